The summed E-state index contributed by atoms with van der Waals surface area (Å²) in [7, 11) is 3.62. The number of benzene rings is 1. The van der Waals surface area contributed by atoms with Gasteiger partial charge in [-0.1, -0.05) is 30.3 Å². The van der Waals surface area contributed by atoms with Crippen molar-refractivity contribution in [3.8, 4) is 0 Å². The minimum Gasteiger partial charge on any atom is -0.343 e. The first-order valence-corrected chi connectivity index (χ1v) is 5.37. The molecule has 1 amide bonds. The van der Waals surface area contributed by atoms with Gasteiger partial charge in [-0.05, 0) is 12.6 Å². The molecule has 16 heavy (non-hydrogen) atoms. The van der Waals surface area contributed by atoms with Crippen LogP contribution in [0.25, 0.3) is 0 Å². The summed E-state index contributed by atoms with van der Waals surface area (Å²) in [5, 5.41) is 3.00. The largest absolute Gasteiger partial charge is 0.343 e. The van der Waals surface area contributed by atoms with Crippen molar-refractivity contribution < 1.29 is 4.79 Å². The number of carbonyl (C=O) groups excluding carboxylic acids is 1. The molecule has 0 aliphatic rings. The van der Waals surface area contributed by atoms with Crippen molar-refractivity contribution in [2.24, 2.45) is 5.73 Å². The Morgan fingerprint density at radius 3 is 2.62 bits per heavy atom. The fourth-order valence-corrected chi connectivity index (χ4v) is 1.43. The maximum absolute atomic E-state index is 11.9. The highest BCUT2D eigenvalue weighted by atomic mass is 16.2. The van der Waals surface area contributed by atoms with E-state index < -0.39 is 6.04 Å². The molecule has 1 rings (SSSR count). The van der Waals surface area contributed by atoms with Gasteiger partial charge in [0.05, 0.1) is 0 Å². The van der Waals surface area contributed by atoms with Crippen LogP contribution in [0.5, 0.6) is 0 Å². The maximum atomic E-state index is 11.9. The van der Waals surface area contributed by atoms with Crippen molar-refractivity contribution in [3.63, 3.8) is 0 Å². The van der Waals surface area contributed by atoms with Crippen LogP contribution in [0.3, 0.4) is 0 Å². The van der Waals surface area contributed by atoms with Gasteiger partial charge in [0, 0.05) is 20.1 Å². The zero-order chi connectivity index (χ0) is 12.0. The summed E-state index contributed by atoms with van der Waals surface area (Å²) < 4.78 is 0. The summed E-state index contributed by atoms with van der Waals surface area (Å²) in [5.74, 6) is -0.0542. The molecule has 3 N–H and O–H groups in total. The molecule has 88 valence electrons. The molecular weight excluding hydrogens is 202 g/mol. The summed E-state index contributed by atoms with van der Waals surface area (Å²) >= 11 is 0. The number of nitrogens with one attached hydrogen (secondary N) is 1. The smallest absolute Gasteiger partial charge is 0.243 e. The number of hydrogen-bond donors (Lipinski definition) is 2. The van der Waals surface area contributed by atoms with Crippen LogP contribution in [0.1, 0.15) is 11.6 Å². The van der Waals surface area contributed by atoms with Crippen LogP contribution in [-0.2, 0) is 4.79 Å². The quantitative estimate of drug-likeness (QED) is 0.755. The molecule has 0 unspecified atom stereocenters. The zero-order valence-corrected chi connectivity index (χ0v) is 9.81. The highest BCUT2D eigenvalue weighted by Crippen LogP contribution is 2.11. The molecule has 0 saturated heterocycles. The summed E-state index contributed by atoms with van der Waals surface area (Å²) in [5.41, 5.74) is 6.75. The molecule has 0 aromatic heterocycles. The van der Waals surface area contributed by atoms with E-state index in [0.29, 0.717) is 6.54 Å². The Balaban J connectivity index is 2.60. The third-order valence-corrected chi connectivity index (χ3v) is 2.50. The van der Waals surface area contributed by atoms with E-state index in [-0.39, 0.29) is 5.91 Å². The molecule has 0 radical (unpaired) electrons. The third-order valence-electron chi connectivity index (χ3n) is 2.50. The number of amides is 1. The Kier molecular flexibility index (Phi) is 4.95. The van der Waals surface area contributed by atoms with Crippen LogP contribution in [0, 0.1) is 0 Å². The molecular formula is C12H19N3O. The fraction of sp³-hybridized carbons (Fsp3) is 0.417. The third kappa shape index (κ3) is 3.32. The van der Waals surface area contributed by atoms with Gasteiger partial charge < -0.3 is 16.0 Å². The number of rotatable bonds is 5. The summed E-state index contributed by atoms with van der Waals surface area (Å²) in [4.78, 5) is 13.6. The molecule has 1 aromatic carbocycles. The van der Waals surface area contributed by atoms with E-state index in [9.17, 15) is 4.79 Å². The standard InChI is InChI=1S/C12H19N3O/c1-14-8-9-15(2)12(16)11(13)10-6-4-3-5-7-10/h3-7,11,14H,8-9,13H2,1-2H3/t11-/m0/s1. The van der Waals surface area contributed by atoms with Crippen molar-refractivity contribution in [2.45, 2.75) is 6.04 Å². The van der Waals surface area contributed by atoms with Crippen molar-refractivity contribution in [1.82, 2.24) is 10.2 Å². The van der Waals surface area contributed by atoms with Gasteiger partial charge in [0.25, 0.3) is 0 Å². The van der Waals surface area contributed by atoms with Crippen LogP contribution >= 0.6 is 0 Å². The first-order valence-electron chi connectivity index (χ1n) is 5.37. The predicted octanol–water partition coefficient (Wildman–Crippen LogP) is 0.364. The molecule has 0 aliphatic carbocycles. The molecule has 4 heteroatoms. The number of nitrogens with zero attached hydrogens (tertiary/aromatic N) is 1. The van der Waals surface area contributed by atoms with Crippen LogP contribution in [0.4, 0.5) is 0 Å². The van der Waals surface area contributed by atoms with Crippen molar-refractivity contribution >= 4 is 5.91 Å². The van der Waals surface area contributed by atoms with Gasteiger partial charge >= 0.3 is 0 Å². The van der Waals surface area contributed by atoms with E-state index >= 15 is 0 Å². The van der Waals surface area contributed by atoms with E-state index in [2.05, 4.69) is 5.32 Å². The van der Waals surface area contributed by atoms with E-state index in [4.69, 9.17) is 5.73 Å². The van der Waals surface area contributed by atoms with Crippen LogP contribution in [-0.4, -0.2) is 38.0 Å². The van der Waals surface area contributed by atoms with Gasteiger partial charge in [-0.3, -0.25) is 4.79 Å². The Morgan fingerprint density at radius 2 is 2.06 bits per heavy atom. The van der Waals surface area contributed by atoms with Gasteiger partial charge in [0.1, 0.15) is 6.04 Å². The Morgan fingerprint density at radius 1 is 1.44 bits per heavy atom. The first kappa shape index (κ1) is 12.7. The minimum atomic E-state index is -0.567. The predicted molar refractivity (Wildman–Crippen MR) is 64.9 cm³/mol. The second-order valence-corrected chi connectivity index (χ2v) is 3.75. The molecule has 0 aliphatic heterocycles. The molecule has 1 aromatic rings. The Bertz CT molecular complexity index is 326. The maximum Gasteiger partial charge on any atom is 0.243 e. The lowest BCUT2D eigenvalue weighted by Crippen LogP contribution is -2.39. The molecule has 0 fully saturated rings. The SMILES string of the molecule is CNCCN(C)C(=O)[C@@H](N)c1ccccc1. The van der Waals surface area contributed by atoms with Gasteiger partial charge in [0.2, 0.25) is 5.91 Å². The van der Waals surface area contributed by atoms with Crippen molar-refractivity contribution in [2.75, 3.05) is 27.2 Å². The summed E-state index contributed by atoms with van der Waals surface area (Å²) in [6, 6.07) is 8.85. The second kappa shape index (κ2) is 6.25. The van der Waals surface area contributed by atoms with Gasteiger partial charge in [-0.2, -0.15) is 0 Å². The highest BCUT2D eigenvalue weighted by molar-refractivity contribution is 5.82. The summed E-state index contributed by atoms with van der Waals surface area (Å²) in [6.07, 6.45) is 0. The Hall–Kier alpha value is -1.39. The monoisotopic (exact) mass is 221 g/mol. The molecule has 0 saturated carbocycles. The molecule has 1 atom stereocenters. The summed E-state index contributed by atoms with van der Waals surface area (Å²) in [6.45, 7) is 1.43. The highest BCUT2D eigenvalue weighted by Gasteiger charge is 2.18. The van der Waals surface area contributed by atoms with Crippen molar-refractivity contribution in [3.05, 3.63) is 35.9 Å². The van der Waals surface area contributed by atoms with E-state index in [0.717, 1.165) is 12.1 Å². The fourth-order valence-electron chi connectivity index (χ4n) is 1.43. The molecule has 0 spiro atoms. The number of hydrogen-bond acceptors (Lipinski definition) is 3. The minimum absolute atomic E-state index is 0.0542. The van der Waals surface area contributed by atoms with E-state index in [1.807, 2.05) is 37.4 Å². The average molecular weight is 221 g/mol. The lowest BCUT2D eigenvalue weighted by molar-refractivity contribution is -0.131. The van der Waals surface area contributed by atoms with Gasteiger partial charge in [-0.15, -0.1) is 0 Å². The topological polar surface area (TPSA) is 58.4 Å². The van der Waals surface area contributed by atoms with Crippen molar-refractivity contribution in [1.29, 1.82) is 0 Å². The van der Waals surface area contributed by atoms with Gasteiger partial charge in [0.15, 0.2) is 0 Å². The van der Waals surface area contributed by atoms with Crippen LogP contribution < -0.4 is 11.1 Å². The molecule has 0 heterocycles. The number of nitrogens with two attached hydrogens (primary N) is 1. The average Bonchev–Trinajstić information content (AvgIpc) is 2.35. The normalized spacial score (nSPS) is 12.2. The second-order valence-electron chi connectivity index (χ2n) is 3.75. The van der Waals surface area contributed by atoms with E-state index in [1.54, 1.807) is 11.9 Å². The lowest BCUT2D eigenvalue weighted by atomic mass is 10.1. The Labute approximate surface area is 96.4 Å². The molecule has 4 nitrogen and oxygen atoms in total. The zero-order valence-electron chi connectivity index (χ0n) is 9.81. The first-order chi connectivity index (χ1) is 7.66. The van der Waals surface area contributed by atoms with E-state index in [1.165, 1.54) is 0 Å². The number of likely N-dealkylation sites (N-methyl/N-ethyl adjacent to an activating group) is 2. The van der Waals surface area contributed by atoms with Crippen LogP contribution in [0.2, 0.25) is 0 Å². The van der Waals surface area contributed by atoms with Gasteiger partial charge in [-0.25, -0.2) is 0 Å². The van der Waals surface area contributed by atoms with Crippen LogP contribution in [0.15, 0.2) is 30.3 Å². The number of carbonyl (C=O) groups is 1. The lowest BCUT2D eigenvalue weighted by Gasteiger charge is -2.21. The molecule has 0 bridgehead atoms.